The Labute approximate surface area is 147 Å². The van der Waals surface area contributed by atoms with Crippen LogP contribution in [0.5, 0.6) is 11.5 Å². The van der Waals surface area contributed by atoms with E-state index < -0.39 is 0 Å². The summed E-state index contributed by atoms with van der Waals surface area (Å²) in [6.07, 6.45) is 1.10. The summed E-state index contributed by atoms with van der Waals surface area (Å²) in [5, 5.41) is 4.86. The predicted octanol–water partition coefficient (Wildman–Crippen LogP) is 6.17. The van der Waals surface area contributed by atoms with Gasteiger partial charge in [-0.1, -0.05) is 56.3 Å². The van der Waals surface area contributed by atoms with Crippen LogP contribution in [0.2, 0.25) is 0 Å². The number of benzene rings is 3. The van der Waals surface area contributed by atoms with E-state index in [-0.39, 0.29) is 6.79 Å². The first-order chi connectivity index (χ1) is 12.2. The smallest absolute Gasteiger partial charge is 0.231 e. The molecule has 3 aromatic rings. The van der Waals surface area contributed by atoms with Crippen LogP contribution in [0.4, 0.5) is 5.69 Å². The molecule has 0 aliphatic heterocycles. The Balaban J connectivity index is 1.68. The molecule has 4 heteroatoms. The van der Waals surface area contributed by atoms with Gasteiger partial charge in [0.05, 0.1) is 0 Å². The molecule has 4 nitrogen and oxygen atoms in total. The molecule has 0 aromatic heterocycles. The number of ether oxygens (including phenoxy) is 2. The van der Waals surface area contributed by atoms with Crippen molar-refractivity contribution in [3.8, 4) is 11.5 Å². The molecule has 0 saturated heterocycles. The average molecular weight is 335 g/mol. The van der Waals surface area contributed by atoms with Gasteiger partial charge in [-0.3, -0.25) is 0 Å². The minimum atomic E-state index is 0.0174. The van der Waals surface area contributed by atoms with Crippen LogP contribution in [0.15, 0.2) is 65.8 Å². The van der Waals surface area contributed by atoms with Crippen molar-refractivity contribution in [2.45, 2.75) is 26.2 Å². The second-order valence-corrected chi connectivity index (χ2v) is 6.01. The highest BCUT2D eigenvalue weighted by Crippen LogP contribution is 2.35. The molecular formula is C21H21NO3. The van der Waals surface area contributed by atoms with Crippen molar-refractivity contribution in [2.24, 2.45) is 5.18 Å². The van der Waals surface area contributed by atoms with Crippen LogP contribution < -0.4 is 9.47 Å². The number of fused-ring (bicyclic) bond motifs is 1. The molecule has 0 saturated carbocycles. The maximum Gasteiger partial charge on any atom is 0.231 e. The Morgan fingerprint density at radius 1 is 0.960 bits per heavy atom. The van der Waals surface area contributed by atoms with Gasteiger partial charge in [0, 0.05) is 5.39 Å². The lowest BCUT2D eigenvalue weighted by Crippen LogP contribution is -2.06. The summed E-state index contributed by atoms with van der Waals surface area (Å²) < 4.78 is 11.2. The lowest BCUT2D eigenvalue weighted by Gasteiger charge is -2.12. The zero-order valence-corrected chi connectivity index (χ0v) is 14.4. The van der Waals surface area contributed by atoms with Gasteiger partial charge < -0.3 is 9.47 Å². The Kier molecular flexibility index (Phi) is 5.29. The zero-order valence-electron chi connectivity index (χ0n) is 14.4. The summed E-state index contributed by atoms with van der Waals surface area (Å²) in [7, 11) is 0. The van der Waals surface area contributed by atoms with Gasteiger partial charge in [0.1, 0.15) is 5.75 Å². The normalized spacial score (nSPS) is 11.9. The minimum Gasteiger partial charge on any atom is -0.458 e. The molecule has 3 aromatic carbocycles. The van der Waals surface area contributed by atoms with Gasteiger partial charge in [-0.2, -0.15) is 0 Å². The highest BCUT2D eigenvalue weighted by Gasteiger charge is 2.10. The minimum absolute atomic E-state index is 0.0174. The fourth-order valence-electron chi connectivity index (χ4n) is 2.74. The maximum atomic E-state index is 11.2. The highest BCUT2D eigenvalue weighted by molar-refractivity contribution is 5.95. The molecule has 3 rings (SSSR count). The van der Waals surface area contributed by atoms with Gasteiger partial charge in [-0.15, -0.1) is 4.91 Å². The Morgan fingerprint density at radius 2 is 1.72 bits per heavy atom. The molecule has 128 valence electrons. The van der Waals surface area contributed by atoms with Crippen LogP contribution in [-0.4, -0.2) is 6.79 Å². The van der Waals surface area contributed by atoms with E-state index >= 15 is 0 Å². The van der Waals surface area contributed by atoms with Crippen molar-refractivity contribution < 1.29 is 9.47 Å². The average Bonchev–Trinajstić information content (AvgIpc) is 2.67. The van der Waals surface area contributed by atoms with E-state index in [1.807, 2.05) is 42.5 Å². The van der Waals surface area contributed by atoms with Gasteiger partial charge in [-0.25, -0.2) is 0 Å². The molecule has 0 fully saturated rings. The summed E-state index contributed by atoms with van der Waals surface area (Å²) >= 11 is 0. The molecule has 0 amide bonds. The third-order valence-corrected chi connectivity index (χ3v) is 4.46. The fourth-order valence-corrected chi connectivity index (χ4v) is 2.74. The number of nitroso groups, excluding NO2 is 1. The fraction of sp³-hybridized carbons (Fsp3) is 0.238. The predicted molar refractivity (Wildman–Crippen MR) is 101 cm³/mol. The molecule has 0 N–H and O–H groups in total. The largest absolute Gasteiger partial charge is 0.458 e. The number of hydrogen-bond acceptors (Lipinski definition) is 4. The molecule has 1 unspecified atom stereocenters. The Hall–Kier alpha value is -2.88. The summed E-state index contributed by atoms with van der Waals surface area (Å²) in [5.41, 5.74) is 1.59. The number of nitrogens with zero attached hydrogens (tertiary/aromatic N) is 1. The second kappa shape index (κ2) is 7.79. The van der Waals surface area contributed by atoms with Crippen LogP contribution in [0.25, 0.3) is 10.8 Å². The van der Waals surface area contributed by atoms with Gasteiger partial charge in [0.15, 0.2) is 11.4 Å². The quantitative estimate of drug-likeness (QED) is 0.383. The first kappa shape index (κ1) is 17.0. The molecule has 1 atom stereocenters. The van der Waals surface area contributed by atoms with Gasteiger partial charge in [0.25, 0.3) is 0 Å². The third-order valence-electron chi connectivity index (χ3n) is 4.46. The first-order valence-corrected chi connectivity index (χ1v) is 8.43. The van der Waals surface area contributed by atoms with Crippen LogP contribution in [-0.2, 0) is 0 Å². The Morgan fingerprint density at radius 3 is 2.44 bits per heavy atom. The van der Waals surface area contributed by atoms with Crippen molar-refractivity contribution in [3.63, 3.8) is 0 Å². The van der Waals surface area contributed by atoms with E-state index in [2.05, 4.69) is 31.2 Å². The van der Waals surface area contributed by atoms with Crippen molar-refractivity contribution in [1.29, 1.82) is 0 Å². The monoisotopic (exact) mass is 335 g/mol. The summed E-state index contributed by atoms with van der Waals surface area (Å²) in [6, 6.07) is 19.2. The SMILES string of the molecule is CCC(C)c1ccc(OCOc2ccc3ccccc3c2N=O)cc1. The van der Waals surface area contributed by atoms with Crippen molar-refractivity contribution in [2.75, 3.05) is 6.79 Å². The van der Waals surface area contributed by atoms with Crippen LogP contribution in [0.1, 0.15) is 31.7 Å². The van der Waals surface area contributed by atoms with E-state index in [0.717, 1.165) is 22.9 Å². The summed E-state index contributed by atoms with van der Waals surface area (Å²) in [6.45, 7) is 4.39. The number of rotatable bonds is 7. The molecule has 0 radical (unpaired) electrons. The zero-order chi connectivity index (χ0) is 17.6. The highest BCUT2D eigenvalue weighted by atomic mass is 16.7. The van der Waals surface area contributed by atoms with Gasteiger partial charge >= 0.3 is 0 Å². The van der Waals surface area contributed by atoms with Crippen molar-refractivity contribution in [3.05, 3.63) is 71.1 Å². The van der Waals surface area contributed by atoms with E-state index in [4.69, 9.17) is 9.47 Å². The van der Waals surface area contributed by atoms with Gasteiger partial charge in [0.2, 0.25) is 6.79 Å². The first-order valence-electron chi connectivity index (χ1n) is 8.43. The Bertz CT molecular complexity index is 859. The van der Waals surface area contributed by atoms with Crippen LogP contribution in [0.3, 0.4) is 0 Å². The molecule has 0 bridgehead atoms. The van der Waals surface area contributed by atoms with Crippen molar-refractivity contribution in [1.82, 2.24) is 0 Å². The van der Waals surface area contributed by atoms with E-state index in [1.54, 1.807) is 6.07 Å². The van der Waals surface area contributed by atoms with Crippen LogP contribution in [0, 0.1) is 4.91 Å². The molecule has 0 aliphatic carbocycles. The van der Waals surface area contributed by atoms with E-state index in [1.165, 1.54) is 5.56 Å². The molecule has 0 heterocycles. The second-order valence-electron chi connectivity index (χ2n) is 6.01. The lowest BCUT2D eigenvalue weighted by molar-refractivity contribution is 0.120. The molecule has 0 aliphatic rings. The lowest BCUT2D eigenvalue weighted by atomic mass is 9.99. The van der Waals surface area contributed by atoms with Crippen molar-refractivity contribution >= 4 is 16.5 Å². The standard InChI is InChI=1S/C21H21NO3/c1-3-15(2)16-8-11-18(12-9-16)24-14-25-20-13-10-17-6-4-5-7-19(17)21(20)22-23/h4-13,15H,3,14H2,1-2H3. The third kappa shape index (κ3) is 3.79. The molecule has 25 heavy (non-hydrogen) atoms. The molecule has 0 spiro atoms. The van der Waals surface area contributed by atoms with E-state index in [9.17, 15) is 4.91 Å². The molecular weight excluding hydrogens is 314 g/mol. The summed E-state index contributed by atoms with van der Waals surface area (Å²) in [4.78, 5) is 11.2. The van der Waals surface area contributed by atoms with E-state index in [0.29, 0.717) is 17.4 Å². The topological polar surface area (TPSA) is 47.9 Å². The van der Waals surface area contributed by atoms with Gasteiger partial charge in [-0.05, 0) is 46.7 Å². The maximum absolute atomic E-state index is 11.2. The number of hydrogen-bond donors (Lipinski definition) is 0. The summed E-state index contributed by atoms with van der Waals surface area (Å²) in [5.74, 6) is 1.68. The van der Waals surface area contributed by atoms with Crippen LogP contribution >= 0.6 is 0 Å².